The molecule has 0 N–H and O–H groups in total. The Kier molecular flexibility index (Phi) is 6.06. The Bertz CT molecular complexity index is 1250. The second-order valence-electron chi connectivity index (χ2n) is 9.01. The molecule has 0 spiro atoms. The van der Waals surface area contributed by atoms with Crippen molar-refractivity contribution in [3.05, 3.63) is 40.7 Å². The number of thiazole rings is 1. The van der Waals surface area contributed by atoms with E-state index in [1.165, 1.54) is 17.4 Å². The fourth-order valence-electron chi connectivity index (χ4n) is 4.79. The van der Waals surface area contributed by atoms with Gasteiger partial charge in [-0.25, -0.2) is 15.0 Å². The van der Waals surface area contributed by atoms with E-state index in [1.807, 2.05) is 0 Å². The summed E-state index contributed by atoms with van der Waals surface area (Å²) in [6.07, 6.45) is -1.73. The number of anilines is 1. The first-order chi connectivity index (χ1) is 16.1. The van der Waals surface area contributed by atoms with E-state index < -0.39 is 11.7 Å². The van der Waals surface area contributed by atoms with Gasteiger partial charge in [-0.2, -0.15) is 13.2 Å². The van der Waals surface area contributed by atoms with E-state index in [2.05, 4.69) is 38.6 Å². The minimum atomic E-state index is -4.46. The van der Waals surface area contributed by atoms with Crippen LogP contribution in [-0.4, -0.2) is 62.6 Å². The third kappa shape index (κ3) is 4.40. The smallest absolute Gasteiger partial charge is 0.342 e. The Morgan fingerprint density at radius 3 is 2.71 bits per heavy atom. The van der Waals surface area contributed by atoms with E-state index in [-0.39, 0.29) is 11.5 Å². The number of carbonyl (C=O) groups is 1. The SMILES string of the molecule is Cc1nc(SCC(=O)c2cnc(N3CC4CC3CN4C(C)C)s2)c2cc(C(F)(F)F)ccc2n1. The number of ketones is 1. The van der Waals surface area contributed by atoms with Gasteiger partial charge in [-0.3, -0.25) is 9.69 Å². The molecule has 0 radical (unpaired) electrons. The summed E-state index contributed by atoms with van der Waals surface area (Å²) in [6, 6.07) is 4.89. The Labute approximate surface area is 203 Å². The number of piperazine rings is 1. The summed E-state index contributed by atoms with van der Waals surface area (Å²) in [5.74, 6) is 0.400. The first kappa shape index (κ1) is 23.5. The Balaban J connectivity index is 1.30. The highest BCUT2D eigenvalue weighted by Crippen LogP contribution is 2.38. The van der Waals surface area contributed by atoms with Gasteiger partial charge in [0, 0.05) is 36.6 Å². The second-order valence-corrected chi connectivity index (χ2v) is 11.0. The van der Waals surface area contributed by atoms with Crippen molar-refractivity contribution in [3.63, 3.8) is 0 Å². The third-order valence-electron chi connectivity index (χ3n) is 6.40. The monoisotopic (exact) mass is 507 g/mol. The van der Waals surface area contributed by atoms with Crippen LogP contribution in [0, 0.1) is 6.92 Å². The van der Waals surface area contributed by atoms with E-state index in [1.54, 1.807) is 13.1 Å². The number of hydrogen-bond donors (Lipinski definition) is 0. The molecule has 3 aromatic rings. The molecule has 11 heteroatoms. The molecule has 2 aliphatic heterocycles. The van der Waals surface area contributed by atoms with Gasteiger partial charge in [0.25, 0.3) is 0 Å². The third-order valence-corrected chi connectivity index (χ3v) is 8.47. The van der Waals surface area contributed by atoms with Crippen LogP contribution in [0.3, 0.4) is 0 Å². The number of thioether (sulfide) groups is 1. The average molecular weight is 508 g/mol. The molecule has 2 fully saturated rings. The number of fused-ring (bicyclic) bond motifs is 3. The van der Waals surface area contributed by atoms with E-state index in [0.29, 0.717) is 44.8 Å². The number of rotatable bonds is 6. The molecule has 4 heterocycles. The van der Waals surface area contributed by atoms with Crippen molar-refractivity contribution in [1.29, 1.82) is 0 Å². The highest BCUT2D eigenvalue weighted by atomic mass is 32.2. The Morgan fingerprint density at radius 1 is 1.24 bits per heavy atom. The quantitative estimate of drug-likeness (QED) is 0.263. The molecule has 2 aliphatic rings. The van der Waals surface area contributed by atoms with E-state index >= 15 is 0 Å². The molecule has 180 valence electrons. The van der Waals surface area contributed by atoms with Crippen LogP contribution in [0.1, 0.15) is 41.3 Å². The zero-order valence-corrected chi connectivity index (χ0v) is 20.6. The summed E-state index contributed by atoms with van der Waals surface area (Å²) in [5, 5.41) is 1.53. The van der Waals surface area contributed by atoms with Crippen molar-refractivity contribution >= 4 is 44.9 Å². The van der Waals surface area contributed by atoms with Crippen molar-refractivity contribution in [2.24, 2.45) is 0 Å². The van der Waals surface area contributed by atoms with Gasteiger partial charge in [-0.1, -0.05) is 23.1 Å². The van der Waals surface area contributed by atoms with Crippen LogP contribution in [0.4, 0.5) is 18.3 Å². The van der Waals surface area contributed by atoms with E-state index in [9.17, 15) is 18.0 Å². The van der Waals surface area contributed by atoms with Crippen LogP contribution in [0.15, 0.2) is 29.4 Å². The van der Waals surface area contributed by atoms with Crippen LogP contribution in [0.2, 0.25) is 0 Å². The molecule has 2 unspecified atom stereocenters. The lowest BCUT2D eigenvalue weighted by Gasteiger charge is -2.36. The molecular formula is C23H24F3N5OS2. The van der Waals surface area contributed by atoms with Gasteiger partial charge in [0.05, 0.1) is 27.9 Å². The molecule has 5 rings (SSSR count). The van der Waals surface area contributed by atoms with Crippen LogP contribution >= 0.6 is 23.1 Å². The largest absolute Gasteiger partial charge is 0.416 e. The molecule has 2 aromatic heterocycles. The van der Waals surface area contributed by atoms with Crippen molar-refractivity contribution in [2.45, 2.75) is 56.5 Å². The number of benzene rings is 1. The van der Waals surface area contributed by atoms with Gasteiger partial charge in [0.15, 0.2) is 10.9 Å². The van der Waals surface area contributed by atoms with E-state index in [4.69, 9.17) is 0 Å². The van der Waals surface area contributed by atoms with Gasteiger partial charge in [-0.05, 0) is 45.4 Å². The highest BCUT2D eigenvalue weighted by molar-refractivity contribution is 8.00. The zero-order chi connectivity index (χ0) is 24.2. The van der Waals surface area contributed by atoms with Gasteiger partial charge >= 0.3 is 6.18 Å². The lowest BCUT2D eigenvalue weighted by Crippen LogP contribution is -2.48. The summed E-state index contributed by atoms with van der Waals surface area (Å²) in [6.45, 7) is 8.06. The normalized spacial score (nSPS) is 20.7. The standard InChI is InChI=1S/C23H24F3N5OS2/c1-12(2)30-9-16-7-15(30)10-31(16)22-27-8-20(34-22)19(32)11-33-21-17-6-14(23(24,25)26)4-5-18(17)28-13(3)29-21/h4-6,8,12,15-16H,7,9-11H2,1-3H3. The van der Waals surface area contributed by atoms with Crippen molar-refractivity contribution in [1.82, 2.24) is 19.9 Å². The van der Waals surface area contributed by atoms with Crippen molar-refractivity contribution in [3.8, 4) is 0 Å². The minimum absolute atomic E-state index is 0.0661. The first-order valence-corrected chi connectivity index (χ1v) is 12.9. The molecule has 34 heavy (non-hydrogen) atoms. The minimum Gasteiger partial charge on any atom is -0.342 e. The number of alkyl halides is 3. The van der Waals surface area contributed by atoms with Crippen LogP contribution in [0.25, 0.3) is 10.9 Å². The number of hydrogen-bond acceptors (Lipinski definition) is 8. The first-order valence-electron chi connectivity index (χ1n) is 11.1. The maximum atomic E-state index is 13.2. The molecule has 0 saturated carbocycles. The average Bonchev–Trinajstić information content (AvgIpc) is 3.51. The Morgan fingerprint density at radius 2 is 2.03 bits per heavy atom. The number of aromatic nitrogens is 3. The fourth-order valence-corrected chi connectivity index (χ4v) is 6.76. The molecule has 2 bridgehead atoms. The summed E-state index contributed by atoms with van der Waals surface area (Å²) < 4.78 is 39.6. The lowest BCUT2D eigenvalue weighted by molar-refractivity contribution is -0.137. The lowest BCUT2D eigenvalue weighted by atomic mass is 10.1. The summed E-state index contributed by atoms with van der Waals surface area (Å²) in [5.41, 5.74) is -0.335. The van der Waals surface area contributed by atoms with Crippen LogP contribution < -0.4 is 4.90 Å². The predicted octanol–water partition coefficient (Wildman–Crippen LogP) is 5.06. The van der Waals surface area contributed by atoms with Gasteiger partial charge in [0.2, 0.25) is 0 Å². The maximum absolute atomic E-state index is 13.2. The number of likely N-dealkylation sites (tertiary alicyclic amines) is 1. The topological polar surface area (TPSA) is 62.2 Å². The summed E-state index contributed by atoms with van der Waals surface area (Å²) >= 11 is 2.52. The molecule has 1 aromatic carbocycles. The van der Waals surface area contributed by atoms with Crippen LogP contribution in [0.5, 0.6) is 0 Å². The molecule has 2 atom stereocenters. The van der Waals surface area contributed by atoms with Crippen molar-refractivity contribution < 1.29 is 18.0 Å². The Hall–Kier alpha value is -2.24. The van der Waals surface area contributed by atoms with Crippen molar-refractivity contribution in [2.75, 3.05) is 23.7 Å². The number of nitrogens with zero attached hydrogens (tertiary/aromatic N) is 5. The predicted molar refractivity (Wildman–Crippen MR) is 128 cm³/mol. The zero-order valence-electron chi connectivity index (χ0n) is 19.0. The molecular weight excluding hydrogens is 483 g/mol. The van der Waals surface area contributed by atoms with Gasteiger partial charge < -0.3 is 4.90 Å². The van der Waals surface area contributed by atoms with Gasteiger partial charge in [0.1, 0.15) is 10.9 Å². The van der Waals surface area contributed by atoms with Crippen LogP contribution in [-0.2, 0) is 6.18 Å². The van der Waals surface area contributed by atoms with E-state index in [0.717, 1.165) is 48.5 Å². The number of aryl methyl sites for hydroxylation is 1. The van der Waals surface area contributed by atoms with Gasteiger partial charge in [-0.15, -0.1) is 0 Å². The highest BCUT2D eigenvalue weighted by Gasteiger charge is 2.45. The number of Topliss-reactive ketones (excluding diaryl/α,β-unsaturated/α-hetero) is 1. The number of halogens is 3. The molecule has 6 nitrogen and oxygen atoms in total. The molecule has 0 aliphatic carbocycles. The summed E-state index contributed by atoms with van der Waals surface area (Å²) in [7, 11) is 0. The molecule has 0 amide bonds. The maximum Gasteiger partial charge on any atom is 0.416 e. The second kappa shape index (κ2) is 8.76. The molecule has 2 saturated heterocycles. The fraction of sp³-hybridized carbons (Fsp3) is 0.478. The summed E-state index contributed by atoms with van der Waals surface area (Å²) in [4.78, 5) is 31.3. The number of carbonyl (C=O) groups excluding carboxylic acids is 1.